The van der Waals surface area contributed by atoms with Crippen molar-refractivity contribution in [2.75, 3.05) is 19.8 Å². The van der Waals surface area contributed by atoms with Crippen LogP contribution < -0.4 is 0 Å². The molecule has 38 heavy (non-hydrogen) atoms. The Balaban J connectivity index is 1.72. The van der Waals surface area contributed by atoms with Crippen LogP contribution in [0.2, 0.25) is 0 Å². The number of rotatable bonds is 10. The summed E-state index contributed by atoms with van der Waals surface area (Å²) in [6.07, 6.45) is -7.87. The molecule has 14 heteroatoms. The number of aliphatic carboxylic acids is 1. The fraction of sp³-hybridized carbons (Fsp3) is 0.500. The van der Waals surface area contributed by atoms with Gasteiger partial charge in [0.2, 0.25) is 6.29 Å². The van der Waals surface area contributed by atoms with Crippen LogP contribution in [0.4, 0.5) is 0 Å². The Morgan fingerprint density at radius 1 is 1.03 bits per heavy atom. The molecular formula is C24H30O14. The Labute approximate surface area is 216 Å². The molecule has 2 heterocycles. The lowest BCUT2D eigenvalue weighted by Gasteiger charge is -2.41. The monoisotopic (exact) mass is 542 g/mol. The molecule has 7 atom stereocenters. The van der Waals surface area contributed by atoms with Crippen molar-refractivity contribution in [3.63, 3.8) is 0 Å². The molecule has 0 unspecified atom stereocenters. The smallest absolute Gasteiger partial charge is 0.335 e. The molecule has 0 amide bonds. The lowest BCUT2D eigenvalue weighted by atomic mass is 9.86. The minimum atomic E-state index is -1.78. The van der Waals surface area contributed by atoms with E-state index in [1.807, 2.05) is 0 Å². The Kier molecular flexibility index (Phi) is 10.0. The third-order valence-electron chi connectivity index (χ3n) is 6.11. The largest absolute Gasteiger partial charge is 0.504 e. The molecule has 2 aliphatic heterocycles. The van der Waals surface area contributed by atoms with Crippen molar-refractivity contribution in [2.45, 2.75) is 49.8 Å². The second-order valence-electron chi connectivity index (χ2n) is 8.62. The molecule has 0 spiro atoms. The van der Waals surface area contributed by atoms with Gasteiger partial charge in [-0.2, -0.15) is 0 Å². The maximum atomic E-state index is 12.6. The molecule has 0 radical (unpaired) electrons. The van der Waals surface area contributed by atoms with Crippen LogP contribution in [0.25, 0.3) is 0 Å². The molecule has 0 aromatic heterocycles. The van der Waals surface area contributed by atoms with Gasteiger partial charge in [-0.1, -0.05) is 12.1 Å². The molecule has 210 valence electrons. The second kappa shape index (κ2) is 13.0. The zero-order valence-corrected chi connectivity index (χ0v) is 20.0. The number of esters is 1. The van der Waals surface area contributed by atoms with Gasteiger partial charge in [-0.25, -0.2) is 4.79 Å². The van der Waals surface area contributed by atoms with Gasteiger partial charge in [0.1, 0.15) is 24.4 Å². The standard InChI is InChI=1S/C24H30O14/c25-5-3-12-13(8-18(29)35-6-4-11-1-2-15(27)16(28)7-11)14(22(33)34)10-36-23(12)38-24-21(32)20(31)19(30)17(9-26)37-24/h1-3,7,10,13,17,19-21,23-28,30-32H,4-6,8-9H2,(H,33,34)/b12-3-/t13-,17+,19+,20-,21+,23-,24-/m0/s1. The number of hydrogen-bond donors (Lipinski definition) is 8. The van der Waals surface area contributed by atoms with E-state index < -0.39 is 74.5 Å². The molecule has 0 aliphatic carbocycles. The highest BCUT2D eigenvalue weighted by Gasteiger charge is 2.46. The van der Waals surface area contributed by atoms with Crippen LogP contribution in [0.5, 0.6) is 11.5 Å². The predicted octanol–water partition coefficient (Wildman–Crippen LogP) is -1.75. The molecule has 1 aromatic rings. The van der Waals surface area contributed by atoms with Crippen molar-refractivity contribution >= 4 is 11.9 Å². The fourth-order valence-electron chi connectivity index (χ4n) is 4.06. The summed E-state index contributed by atoms with van der Waals surface area (Å²) in [5.41, 5.74) is 0.211. The van der Waals surface area contributed by atoms with Gasteiger partial charge in [-0.3, -0.25) is 4.79 Å². The van der Waals surface area contributed by atoms with E-state index in [1.165, 1.54) is 18.2 Å². The number of aromatic hydroxyl groups is 2. The van der Waals surface area contributed by atoms with E-state index in [0.717, 1.165) is 12.3 Å². The van der Waals surface area contributed by atoms with Crippen molar-refractivity contribution in [2.24, 2.45) is 5.92 Å². The Morgan fingerprint density at radius 3 is 2.39 bits per heavy atom. The average molecular weight is 542 g/mol. The van der Waals surface area contributed by atoms with E-state index in [-0.39, 0.29) is 35.7 Å². The summed E-state index contributed by atoms with van der Waals surface area (Å²) < 4.78 is 21.4. The van der Waals surface area contributed by atoms with Crippen molar-refractivity contribution in [1.82, 2.24) is 0 Å². The number of carboxylic acid groups (broad SMARTS) is 1. The number of carboxylic acids is 1. The van der Waals surface area contributed by atoms with E-state index in [1.54, 1.807) is 0 Å². The van der Waals surface area contributed by atoms with E-state index in [4.69, 9.17) is 18.9 Å². The number of ether oxygens (including phenoxy) is 4. The maximum absolute atomic E-state index is 12.6. The van der Waals surface area contributed by atoms with E-state index in [9.17, 15) is 50.4 Å². The van der Waals surface area contributed by atoms with Crippen LogP contribution in [-0.4, -0.2) is 110 Å². The molecule has 0 saturated carbocycles. The molecular weight excluding hydrogens is 512 g/mol. The van der Waals surface area contributed by atoms with E-state index in [2.05, 4.69) is 0 Å². The number of aliphatic hydroxyl groups excluding tert-OH is 5. The summed E-state index contributed by atoms with van der Waals surface area (Å²) in [5, 5.41) is 77.7. The van der Waals surface area contributed by atoms with Crippen LogP contribution in [0.3, 0.4) is 0 Å². The van der Waals surface area contributed by atoms with Crippen molar-refractivity contribution in [3.05, 3.63) is 47.2 Å². The van der Waals surface area contributed by atoms with Gasteiger partial charge >= 0.3 is 11.9 Å². The number of hydrogen-bond acceptors (Lipinski definition) is 13. The molecule has 0 bridgehead atoms. The van der Waals surface area contributed by atoms with Gasteiger partial charge in [0.05, 0.1) is 38.1 Å². The number of phenols is 2. The molecule has 2 aliphatic rings. The SMILES string of the molecule is O=C(C[C@@H]1C(C(=O)O)=CO[C@@H](O[C@@H]2O[C@H](CO)[C@@H](O)[C@H](O)[C@H]2O)/C1=C\CO)OCCc1ccc(O)c(O)c1. The van der Waals surface area contributed by atoms with Gasteiger partial charge in [0.15, 0.2) is 17.8 Å². The van der Waals surface area contributed by atoms with Crippen LogP contribution >= 0.6 is 0 Å². The van der Waals surface area contributed by atoms with Crippen LogP contribution in [0, 0.1) is 5.92 Å². The van der Waals surface area contributed by atoms with E-state index >= 15 is 0 Å². The molecule has 14 nitrogen and oxygen atoms in total. The quantitative estimate of drug-likeness (QED) is 0.0931. The third-order valence-corrected chi connectivity index (χ3v) is 6.11. The van der Waals surface area contributed by atoms with Crippen LogP contribution in [0.1, 0.15) is 12.0 Å². The highest BCUT2D eigenvalue weighted by atomic mass is 16.8. The first-order valence-corrected chi connectivity index (χ1v) is 11.6. The molecule has 1 saturated heterocycles. The number of benzene rings is 1. The first kappa shape index (κ1) is 29.3. The van der Waals surface area contributed by atoms with Gasteiger partial charge < -0.3 is 59.8 Å². The van der Waals surface area contributed by atoms with Gasteiger partial charge in [-0.05, 0) is 17.7 Å². The second-order valence-corrected chi connectivity index (χ2v) is 8.62. The fourth-order valence-corrected chi connectivity index (χ4v) is 4.06. The summed E-state index contributed by atoms with van der Waals surface area (Å²) in [7, 11) is 0. The number of phenolic OH excluding ortho intramolecular Hbond substituents is 2. The Morgan fingerprint density at radius 2 is 1.76 bits per heavy atom. The van der Waals surface area contributed by atoms with Crippen LogP contribution in [0.15, 0.2) is 41.7 Å². The van der Waals surface area contributed by atoms with Gasteiger partial charge in [0, 0.05) is 17.9 Å². The molecule has 1 aromatic carbocycles. The number of aliphatic hydroxyl groups is 5. The Hall–Kier alpha value is -3.24. The maximum Gasteiger partial charge on any atom is 0.335 e. The summed E-state index contributed by atoms with van der Waals surface area (Å²) in [4.78, 5) is 24.4. The van der Waals surface area contributed by atoms with Gasteiger partial charge in [0.25, 0.3) is 0 Å². The lowest BCUT2D eigenvalue weighted by Crippen LogP contribution is -2.60. The Bertz CT molecular complexity index is 1050. The van der Waals surface area contributed by atoms with Crippen molar-refractivity contribution in [3.8, 4) is 11.5 Å². The zero-order valence-electron chi connectivity index (χ0n) is 20.0. The zero-order chi connectivity index (χ0) is 28.0. The minimum Gasteiger partial charge on any atom is -0.504 e. The highest BCUT2D eigenvalue weighted by Crippen LogP contribution is 2.36. The lowest BCUT2D eigenvalue weighted by molar-refractivity contribution is -0.327. The van der Waals surface area contributed by atoms with Crippen molar-refractivity contribution in [1.29, 1.82) is 0 Å². The number of carbonyl (C=O) groups excluding carboxylic acids is 1. The van der Waals surface area contributed by atoms with Crippen molar-refractivity contribution < 1.29 is 69.4 Å². The van der Waals surface area contributed by atoms with E-state index in [0.29, 0.717) is 5.56 Å². The van der Waals surface area contributed by atoms with Crippen LogP contribution in [-0.2, 0) is 35.0 Å². The molecule has 8 N–H and O–H groups in total. The average Bonchev–Trinajstić information content (AvgIpc) is 2.88. The third kappa shape index (κ3) is 6.79. The summed E-state index contributed by atoms with van der Waals surface area (Å²) in [6.45, 7) is -1.44. The minimum absolute atomic E-state index is 0.00947. The molecule has 1 fully saturated rings. The number of carbonyl (C=O) groups is 2. The normalized spacial score (nSPS) is 30.4. The first-order chi connectivity index (χ1) is 18.1. The highest BCUT2D eigenvalue weighted by molar-refractivity contribution is 5.89. The van der Waals surface area contributed by atoms with Gasteiger partial charge in [-0.15, -0.1) is 0 Å². The summed E-state index contributed by atoms with van der Waals surface area (Å²) in [6, 6.07) is 4.10. The summed E-state index contributed by atoms with van der Waals surface area (Å²) in [5.74, 6) is -4.05. The predicted molar refractivity (Wildman–Crippen MR) is 123 cm³/mol. The first-order valence-electron chi connectivity index (χ1n) is 11.6. The topological polar surface area (TPSA) is 233 Å². The molecule has 3 rings (SSSR count). The summed E-state index contributed by atoms with van der Waals surface area (Å²) >= 11 is 0.